The van der Waals surface area contributed by atoms with E-state index in [1.807, 2.05) is 49.4 Å². The van der Waals surface area contributed by atoms with Gasteiger partial charge in [-0.15, -0.1) is 10.0 Å². The van der Waals surface area contributed by atoms with Crippen LogP contribution in [0, 0.1) is 6.92 Å². The number of aryl methyl sites for hydroxylation is 1. The molecule has 0 saturated heterocycles. The molecule has 0 spiro atoms. The predicted octanol–water partition coefficient (Wildman–Crippen LogP) is 12.8. The Morgan fingerprint density at radius 3 is 1.44 bits per heavy atom. The standard InChI is InChI=1S/C49H36N2O2S2/c1-35-25-28-40(29-26-35)55(52,53)51-47-24-14-12-22-43(47)45-33-36(27-32-48(45)51)50-46-23-13-11-21-42(46)44-31-30-41(34-49(44)50)54(37-15-5-2-6-16-37,38-17-7-3-8-18-38)39-19-9-4-10-20-39/h2-34H,1H3. The van der Waals surface area contributed by atoms with E-state index in [9.17, 15) is 8.42 Å². The van der Waals surface area contributed by atoms with Gasteiger partial charge in [0.2, 0.25) is 0 Å². The summed E-state index contributed by atoms with van der Waals surface area (Å²) >= 11 is 0. The van der Waals surface area contributed by atoms with Crippen LogP contribution in [0.15, 0.2) is 225 Å². The molecule has 0 aliphatic heterocycles. The minimum absolute atomic E-state index is 0.265. The zero-order valence-electron chi connectivity index (χ0n) is 30.1. The second-order valence-corrected chi connectivity index (χ2v) is 18.8. The predicted molar refractivity (Wildman–Crippen MR) is 228 cm³/mol. The largest absolute Gasteiger partial charge is 0.309 e. The molecule has 0 N–H and O–H groups in total. The zero-order chi connectivity index (χ0) is 37.1. The highest BCUT2D eigenvalue weighted by Crippen LogP contribution is 2.73. The summed E-state index contributed by atoms with van der Waals surface area (Å²) in [4.78, 5) is 5.28. The molecule has 2 heterocycles. The third-order valence-corrected chi connectivity index (χ3v) is 16.4. The normalized spacial score (nSPS) is 12.5. The molecular weight excluding hydrogens is 713 g/mol. The second-order valence-electron chi connectivity index (χ2n) is 13.9. The molecule has 0 saturated carbocycles. The first kappa shape index (κ1) is 33.2. The highest BCUT2D eigenvalue weighted by Gasteiger charge is 2.34. The quantitative estimate of drug-likeness (QED) is 0.163. The van der Waals surface area contributed by atoms with Crippen LogP contribution in [0.5, 0.6) is 0 Å². The Morgan fingerprint density at radius 1 is 0.364 bits per heavy atom. The molecule has 8 aromatic carbocycles. The van der Waals surface area contributed by atoms with Crippen LogP contribution >= 0.6 is 10.0 Å². The van der Waals surface area contributed by atoms with Gasteiger partial charge in [-0.1, -0.05) is 115 Å². The summed E-state index contributed by atoms with van der Waals surface area (Å²) in [5.41, 5.74) is 5.45. The van der Waals surface area contributed by atoms with Crippen LogP contribution < -0.4 is 0 Å². The van der Waals surface area contributed by atoms with Crippen LogP contribution in [0.2, 0.25) is 0 Å². The lowest BCUT2D eigenvalue weighted by atomic mass is 10.1. The molecular formula is C49H36N2O2S2. The Bertz CT molecular complexity index is 3060. The van der Waals surface area contributed by atoms with E-state index in [1.54, 1.807) is 12.1 Å². The summed E-state index contributed by atoms with van der Waals surface area (Å²) in [6.07, 6.45) is 0. The molecule has 0 fully saturated rings. The lowest BCUT2D eigenvalue weighted by molar-refractivity contribution is 0.590. The van der Waals surface area contributed by atoms with Crippen LogP contribution in [-0.2, 0) is 10.0 Å². The van der Waals surface area contributed by atoms with Gasteiger partial charge in [-0.25, -0.2) is 12.4 Å². The first-order chi connectivity index (χ1) is 27.0. The number of nitrogens with zero attached hydrogens (tertiary/aromatic N) is 2. The van der Waals surface area contributed by atoms with Crippen molar-refractivity contribution in [3.05, 3.63) is 206 Å². The molecule has 0 aliphatic carbocycles. The van der Waals surface area contributed by atoms with Crippen LogP contribution in [0.1, 0.15) is 5.56 Å². The van der Waals surface area contributed by atoms with Crippen molar-refractivity contribution in [3.63, 3.8) is 0 Å². The van der Waals surface area contributed by atoms with Crippen molar-refractivity contribution < 1.29 is 8.42 Å². The van der Waals surface area contributed by atoms with Crippen molar-refractivity contribution in [2.24, 2.45) is 0 Å². The number of hydrogen-bond donors (Lipinski definition) is 0. The maximum Gasteiger partial charge on any atom is 0.268 e. The summed E-state index contributed by atoms with van der Waals surface area (Å²) in [5, 5.41) is 4.08. The Hall–Kier alpha value is -6.34. The highest BCUT2D eigenvalue weighted by molar-refractivity contribution is 8.34. The average Bonchev–Trinajstić information content (AvgIpc) is 3.75. The van der Waals surface area contributed by atoms with Gasteiger partial charge in [0.1, 0.15) is 0 Å². The Labute approximate surface area is 321 Å². The topological polar surface area (TPSA) is 44.0 Å². The van der Waals surface area contributed by atoms with Crippen molar-refractivity contribution in [2.75, 3.05) is 0 Å². The zero-order valence-corrected chi connectivity index (χ0v) is 31.7. The fourth-order valence-electron chi connectivity index (χ4n) is 8.25. The van der Waals surface area contributed by atoms with Gasteiger partial charge in [-0.2, -0.15) is 0 Å². The van der Waals surface area contributed by atoms with Crippen LogP contribution in [-0.4, -0.2) is 17.0 Å². The molecule has 55 heavy (non-hydrogen) atoms. The molecule has 2 aromatic heterocycles. The Balaban J connectivity index is 1.27. The first-order valence-corrected chi connectivity index (χ1v) is 21.4. The first-order valence-electron chi connectivity index (χ1n) is 18.3. The molecule has 0 aliphatic rings. The Morgan fingerprint density at radius 2 is 0.836 bits per heavy atom. The van der Waals surface area contributed by atoms with E-state index in [0.29, 0.717) is 11.0 Å². The van der Waals surface area contributed by atoms with E-state index in [0.717, 1.165) is 43.8 Å². The molecule has 0 unspecified atom stereocenters. The summed E-state index contributed by atoms with van der Waals surface area (Å²) in [7, 11) is -5.82. The smallest absolute Gasteiger partial charge is 0.268 e. The van der Waals surface area contributed by atoms with Gasteiger partial charge in [-0.3, -0.25) is 0 Å². The van der Waals surface area contributed by atoms with Crippen LogP contribution in [0.3, 0.4) is 0 Å². The van der Waals surface area contributed by atoms with Gasteiger partial charge < -0.3 is 4.57 Å². The summed E-state index contributed by atoms with van der Waals surface area (Å²) in [6.45, 7) is 1.96. The van der Waals surface area contributed by atoms with Gasteiger partial charge >= 0.3 is 0 Å². The minimum Gasteiger partial charge on any atom is -0.309 e. The number of fused-ring (bicyclic) bond motifs is 6. The van der Waals surface area contributed by atoms with Crippen molar-refractivity contribution in [3.8, 4) is 5.69 Å². The van der Waals surface area contributed by atoms with E-state index in [-0.39, 0.29) is 4.90 Å². The van der Waals surface area contributed by atoms with Crippen LogP contribution in [0.4, 0.5) is 0 Å². The van der Waals surface area contributed by atoms with Crippen molar-refractivity contribution in [1.29, 1.82) is 0 Å². The molecule has 266 valence electrons. The fraction of sp³-hybridized carbons (Fsp3) is 0.0204. The molecule has 10 rings (SSSR count). The van der Waals surface area contributed by atoms with Crippen molar-refractivity contribution in [2.45, 2.75) is 31.4 Å². The van der Waals surface area contributed by atoms with Gasteiger partial charge in [0.25, 0.3) is 10.0 Å². The molecule has 10 aromatic rings. The summed E-state index contributed by atoms with van der Waals surface area (Å²) in [5.74, 6) is 0. The number of hydrogen-bond acceptors (Lipinski definition) is 2. The molecule has 0 amide bonds. The van der Waals surface area contributed by atoms with Gasteiger partial charge in [-0.05, 0) is 97.9 Å². The summed E-state index contributed by atoms with van der Waals surface area (Å²) < 4.78 is 32.5. The lowest BCUT2D eigenvalue weighted by Crippen LogP contribution is -2.12. The molecule has 6 heteroatoms. The molecule has 0 bridgehead atoms. The number of benzene rings is 8. The van der Waals surface area contributed by atoms with Gasteiger partial charge in [0.05, 0.1) is 27.0 Å². The second kappa shape index (κ2) is 12.9. The number of aromatic nitrogens is 2. The molecule has 0 atom stereocenters. The van der Waals surface area contributed by atoms with E-state index < -0.39 is 20.1 Å². The SMILES string of the molecule is Cc1ccc(S(=O)(=O)n2c3ccccc3c3cc(-n4c5ccccc5c5ccc(S(c6ccccc6)(c6ccccc6)c6ccccc6)cc54)ccc32)cc1. The van der Waals surface area contributed by atoms with Crippen molar-refractivity contribution >= 4 is 63.7 Å². The maximum atomic E-state index is 14.3. The number of para-hydroxylation sites is 2. The van der Waals surface area contributed by atoms with Crippen LogP contribution in [0.25, 0.3) is 49.3 Å². The third kappa shape index (κ3) is 5.09. The van der Waals surface area contributed by atoms with E-state index in [2.05, 4.69) is 150 Å². The fourth-order valence-corrected chi connectivity index (χ4v) is 13.7. The minimum atomic E-state index is -3.89. The van der Waals surface area contributed by atoms with E-state index in [4.69, 9.17) is 0 Å². The van der Waals surface area contributed by atoms with Crippen molar-refractivity contribution in [1.82, 2.24) is 8.54 Å². The molecule has 4 nitrogen and oxygen atoms in total. The Kier molecular flexibility index (Phi) is 7.80. The highest BCUT2D eigenvalue weighted by atomic mass is 32.3. The van der Waals surface area contributed by atoms with Gasteiger partial charge in [0.15, 0.2) is 0 Å². The van der Waals surface area contributed by atoms with E-state index in [1.165, 1.54) is 23.6 Å². The summed E-state index contributed by atoms with van der Waals surface area (Å²) in [6, 6.07) is 69.3. The molecule has 0 radical (unpaired) electrons. The lowest BCUT2D eigenvalue weighted by Gasteiger charge is -2.42. The van der Waals surface area contributed by atoms with E-state index >= 15 is 0 Å². The van der Waals surface area contributed by atoms with Gasteiger partial charge in [0, 0.05) is 46.8 Å². The number of rotatable bonds is 7. The monoisotopic (exact) mass is 748 g/mol. The third-order valence-electron chi connectivity index (χ3n) is 10.7. The maximum absolute atomic E-state index is 14.3. The average molecular weight is 749 g/mol.